The van der Waals surface area contributed by atoms with Crippen molar-refractivity contribution < 1.29 is 13.2 Å². The van der Waals surface area contributed by atoms with Crippen molar-refractivity contribution in [3.8, 4) is 0 Å². The van der Waals surface area contributed by atoms with Gasteiger partial charge in [-0.3, -0.25) is 4.79 Å². The Bertz CT molecular complexity index is 804. The second-order valence-corrected chi connectivity index (χ2v) is 7.35. The van der Waals surface area contributed by atoms with E-state index in [2.05, 4.69) is 21.2 Å². The molecule has 0 aliphatic carbocycles. The summed E-state index contributed by atoms with van der Waals surface area (Å²) in [5.41, 5.74) is 6.58. The molecule has 1 amide bonds. The molecule has 0 aromatic heterocycles. The van der Waals surface area contributed by atoms with E-state index in [4.69, 9.17) is 5.73 Å². The van der Waals surface area contributed by atoms with Crippen LogP contribution < -0.4 is 11.1 Å². The minimum atomic E-state index is -3.43. The van der Waals surface area contributed by atoms with E-state index in [9.17, 15) is 13.2 Å². The lowest BCUT2D eigenvalue weighted by Gasteiger charge is -2.11. The topological polar surface area (TPSA) is 89.3 Å². The molecule has 110 valence electrons. The zero-order valence-corrected chi connectivity index (χ0v) is 13.5. The Balaban J connectivity index is 2.39. The van der Waals surface area contributed by atoms with Crippen LogP contribution in [-0.4, -0.2) is 20.6 Å². The zero-order valence-electron chi connectivity index (χ0n) is 11.1. The molecule has 0 saturated heterocycles. The smallest absolute Gasteiger partial charge is 0.257 e. The number of carbonyl (C=O) groups excluding carboxylic acids is 1. The monoisotopic (exact) mass is 368 g/mol. The van der Waals surface area contributed by atoms with Crippen LogP contribution in [0.1, 0.15) is 10.4 Å². The highest BCUT2D eigenvalue weighted by atomic mass is 79.9. The highest BCUT2D eigenvalue weighted by molar-refractivity contribution is 9.10. The van der Waals surface area contributed by atoms with Crippen LogP contribution in [0.2, 0.25) is 0 Å². The molecule has 0 bridgehead atoms. The molecule has 21 heavy (non-hydrogen) atoms. The van der Waals surface area contributed by atoms with Crippen molar-refractivity contribution in [3.63, 3.8) is 0 Å². The molecule has 2 aromatic rings. The van der Waals surface area contributed by atoms with Gasteiger partial charge in [0.2, 0.25) is 0 Å². The number of hydrogen-bond donors (Lipinski definition) is 2. The summed E-state index contributed by atoms with van der Waals surface area (Å²) >= 11 is 3.26. The average molecular weight is 369 g/mol. The lowest BCUT2D eigenvalue weighted by Crippen LogP contribution is -2.16. The second kappa shape index (κ2) is 5.87. The van der Waals surface area contributed by atoms with Crippen molar-refractivity contribution >= 4 is 43.0 Å². The first kappa shape index (κ1) is 15.5. The van der Waals surface area contributed by atoms with Crippen LogP contribution in [0.5, 0.6) is 0 Å². The molecule has 7 heteroatoms. The van der Waals surface area contributed by atoms with E-state index < -0.39 is 15.7 Å². The Hall–Kier alpha value is -1.86. The van der Waals surface area contributed by atoms with Gasteiger partial charge in [-0.25, -0.2) is 8.42 Å². The zero-order chi connectivity index (χ0) is 15.6. The molecule has 0 unspecified atom stereocenters. The van der Waals surface area contributed by atoms with E-state index in [-0.39, 0.29) is 16.1 Å². The number of carbonyl (C=O) groups is 1. The fourth-order valence-electron chi connectivity index (χ4n) is 1.81. The summed E-state index contributed by atoms with van der Waals surface area (Å²) in [4.78, 5) is 12.3. The molecule has 0 aliphatic heterocycles. The number of nitrogens with two attached hydrogens (primary N) is 1. The summed E-state index contributed by atoms with van der Waals surface area (Å²) < 4.78 is 24.1. The molecule has 5 nitrogen and oxygen atoms in total. The summed E-state index contributed by atoms with van der Waals surface area (Å²) in [6.45, 7) is 0. The maximum atomic E-state index is 12.3. The summed E-state index contributed by atoms with van der Waals surface area (Å²) in [5.74, 6) is -0.468. The van der Waals surface area contributed by atoms with Gasteiger partial charge in [-0.15, -0.1) is 0 Å². The first-order valence-corrected chi connectivity index (χ1v) is 8.63. The fourth-order valence-corrected chi connectivity index (χ4v) is 3.01. The molecule has 0 spiro atoms. The van der Waals surface area contributed by atoms with Crippen molar-refractivity contribution in [3.05, 3.63) is 52.5 Å². The molecule has 0 heterocycles. The highest BCUT2D eigenvalue weighted by Gasteiger charge is 2.16. The Labute approximate surface area is 131 Å². The molecule has 0 atom stereocenters. The Kier molecular flexibility index (Phi) is 4.34. The van der Waals surface area contributed by atoms with Crippen LogP contribution in [0.4, 0.5) is 11.4 Å². The quantitative estimate of drug-likeness (QED) is 0.815. The molecule has 0 saturated carbocycles. The Morgan fingerprint density at radius 1 is 1.19 bits per heavy atom. The second-order valence-electron chi connectivity index (χ2n) is 4.45. The van der Waals surface area contributed by atoms with Crippen molar-refractivity contribution in [2.45, 2.75) is 4.90 Å². The molecule has 0 fully saturated rings. The lowest BCUT2D eigenvalue weighted by molar-refractivity contribution is 0.102. The Morgan fingerprint density at radius 2 is 1.86 bits per heavy atom. The average Bonchev–Trinajstić information content (AvgIpc) is 2.41. The molecule has 0 radical (unpaired) electrons. The third kappa shape index (κ3) is 3.62. The molecule has 2 rings (SSSR count). The molecule has 2 aromatic carbocycles. The number of rotatable bonds is 3. The summed E-state index contributed by atoms with van der Waals surface area (Å²) in [6.07, 6.45) is 1.09. The number of sulfone groups is 1. The van der Waals surface area contributed by atoms with E-state index in [1.165, 1.54) is 12.1 Å². The largest absolute Gasteiger partial charge is 0.398 e. The fraction of sp³-hybridized carbons (Fsp3) is 0.0714. The van der Waals surface area contributed by atoms with Crippen LogP contribution in [0.25, 0.3) is 0 Å². The molecule has 3 N–H and O–H groups in total. The maximum Gasteiger partial charge on any atom is 0.257 e. The van der Waals surface area contributed by atoms with Gasteiger partial charge in [0.25, 0.3) is 5.91 Å². The maximum absolute atomic E-state index is 12.3. The predicted molar refractivity (Wildman–Crippen MR) is 86.1 cm³/mol. The summed E-state index contributed by atoms with van der Waals surface area (Å²) in [6, 6.07) is 11.1. The van der Waals surface area contributed by atoms with E-state index in [0.717, 1.165) is 6.26 Å². The van der Waals surface area contributed by atoms with Gasteiger partial charge in [0.15, 0.2) is 9.84 Å². The van der Waals surface area contributed by atoms with Crippen LogP contribution >= 0.6 is 15.9 Å². The number of para-hydroxylation sites is 1. The van der Waals surface area contributed by atoms with Crippen molar-refractivity contribution in [1.29, 1.82) is 0 Å². The SMILES string of the molecule is CS(=O)(=O)c1ccccc1NC(=O)c1cc(Br)ccc1N. The van der Waals surface area contributed by atoms with Gasteiger partial charge in [0, 0.05) is 16.4 Å². The van der Waals surface area contributed by atoms with Crippen LogP contribution in [0, 0.1) is 0 Å². The van der Waals surface area contributed by atoms with Crippen LogP contribution in [-0.2, 0) is 9.84 Å². The summed E-state index contributed by atoms with van der Waals surface area (Å²) in [7, 11) is -3.43. The predicted octanol–water partition coefficient (Wildman–Crippen LogP) is 2.69. The van der Waals surface area contributed by atoms with Gasteiger partial charge in [0.1, 0.15) is 0 Å². The highest BCUT2D eigenvalue weighted by Crippen LogP contribution is 2.23. The number of hydrogen-bond acceptors (Lipinski definition) is 4. The Morgan fingerprint density at radius 3 is 2.52 bits per heavy atom. The number of benzene rings is 2. The number of nitrogens with one attached hydrogen (secondary N) is 1. The van der Waals surface area contributed by atoms with Crippen LogP contribution in [0.3, 0.4) is 0 Å². The number of nitrogen functional groups attached to an aromatic ring is 1. The van der Waals surface area contributed by atoms with E-state index in [0.29, 0.717) is 10.2 Å². The summed E-state index contributed by atoms with van der Waals surface area (Å²) in [5, 5.41) is 2.58. The molecular weight excluding hydrogens is 356 g/mol. The van der Waals surface area contributed by atoms with Gasteiger partial charge < -0.3 is 11.1 Å². The third-order valence-electron chi connectivity index (χ3n) is 2.79. The minimum Gasteiger partial charge on any atom is -0.398 e. The normalized spacial score (nSPS) is 11.1. The van der Waals surface area contributed by atoms with E-state index in [1.807, 2.05) is 0 Å². The van der Waals surface area contributed by atoms with Crippen molar-refractivity contribution in [1.82, 2.24) is 0 Å². The first-order chi connectivity index (χ1) is 9.79. The van der Waals surface area contributed by atoms with Gasteiger partial charge in [0.05, 0.1) is 16.1 Å². The van der Waals surface area contributed by atoms with Gasteiger partial charge in [-0.1, -0.05) is 28.1 Å². The number of halogens is 1. The van der Waals surface area contributed by atoms with E-state index >= 15 is 0 Å². The lowest BCUT2D eigenvalue weighted by atomic mass is 10.1. The van der Waals surface area contributed by atoms with Crippen molar-refractivity contribution in [2.24, 2.45) is 0 Å². The molecule has 0 aliphatic rings. The van der Waals surface area contributed by atoms with Crippen LogP contribution in [0.15, 0.2) is 51.8 Å². The number of amides is 1. The third-order valence-corrected chi connectivity index (χ3v) is 4.44. The van der Waals surface area contributed by atoms with E-state index in [1.54, 1.807) is 30.3 Å². The van der Waals surface area contributed by atoms with Gasteiger partial charge in [-0.2, -0.15) is 0 Å². The standard InChI is InChI=1S/C14H13BrN2O3S/c1-21(19,20)13-5-3-2-4-12(13)17-14(18)10-8-9(15)6-7-11(10)16/h2-8H,16H2,1H3,(H,17,18). The molecular formula is C14H13BrN2O3S. The number of anilines is 2. The van der Waals surface area contributed by atoms with Crippen molar-refractivity contribution in [2.75, 3.05) is 17.3 Å². The van der Waals surface area contributed by atoms with Gasteiger partial charge in [-0.05, 0) is 30.3 Å². The first-order valence-electron chi connectivity index (χ1n) is 5.94. The minimum absolute atomic E-state index is 0.0620. The van der Waals surface area contributed by atoms with Gasteiger partial charge >= 0.3 is 0 Å².